The van der Waals surface area contributed by atoms with Gasteiger partial charge in [0.25, 0.3) is 0 Å². The van der Waals surface area contributed by atoms with Crippen molar-refractivity contribution in [1.29, 1.82) is 5.26 Å². The van der Waals surface area contributed by atoms with E-state index < -0.39 is 20.2 Å². The Hall–Kier alpha value is -3.92. The largest absolute Gasteiger partial charge is 0.465 e. The molecular formula is C37H51N7O4Si. The molecule has 1 amide bonds. The predicted molar refractivity (Wildman–Crippen MR) is 195 cm³/mol. The van der Waals surface area contributed by atoms with Crippen LogP contribution < -0.4 is 14.5 Å². The fourth-order valence-electron chi connectivity index (χ4n) is 7.43. The first kappa shape index (κ1) is 34.9. The molecule has 6 rings (SSSR count). The fraction of sp³-hybridized carbons (Fsp3) is 0.568. The maximum Gasteiger partial charge on any atom is 0.407 e. The lowest BCUT2D eigenvalue weighted by molar-refractivity contribution is 0.116. The summed E-state index contributed by atoms with van der Waals surface area (Å²) in [7, 11) is -1.93. The average Bonchev–Trinajstić information content (AvgIpc) is 3.52. The summed E-state index contributed by atoms with van der Waals surface area (Å²) in [6, 6.07) is 17.0. The minimum absolute atomic E-state index is 0.0909. The molecule has 1 aromatic heterocycles. The number of ether oxygens (including phenoxy) is 1. The first-order valence-electron chi connectivity index (χ1n) is 17.7. The maximum absolute atomic E-state index is 12.0. The zero-order valence-electron chi connectivity index (χ0n) is 29.6. The number of aliphatic hydroxyl groups excluding tert-OH is 1. The third-order valence-corrected chi connectivity index (χ3v) is 17.3. The van der Waals surface area contributed by atoms with Crippen molar-refractivity contribution in [2.45, 2.75) is 88.9 Å². The first-order chi connectivity index (χ1) is 23.4. The van der Waals surface area contributed by atoms with Crippen molar-refractivity contribution in [1.82, 2.24) is 19.8 Å². The molecule has 2 saturated heterocycles. The molecule has 1 unspecified atom stereocenters. The number of hydrogen-bond donors (Lipinski definition) is 2. The number of rotatable bonds is 9. The minimum Gasteiger partial charge on any atom is -0.465 e. The molecule has 49 heavy (non-hydrogen) atoms. The van der Waals surface area contributed by atoms with E-state index in [4.69, 9.17) is 14.7 Å². The highest BCUT2D eigenvalue weighted by atomic mass is 28.3. The van der Waals surface area contributed by atoms with Crippen molar-refractivity contribution in [3.8, 4) is 12.1 Å². The van der Waals surface area contributed by atoms with Gasteiger partial charge in [-0.1, -0.05) is 70.3 Å². The second-order valence-corrected chi connectivity index (χ2v) is 21.1. The second-order valence-electron chi connectivity index (χ2n) is 15.5. The summed E-state index contributed by atoms with van der Waals surface area (Å²) in [6.45, 7) is 15.8. The lowest BCUT2D eigenvalue weighted by Crippen LogP contribution is -2.55. The highest BCUT2D eigenvalue weighted by molar-refractivity contribution is 6.81. The van der Waals surface area contributed by atoms with Gasteiger partial charge < -0.3 is 29.6 Å². The van der Waals surface area contributed by atoms with Crippen LogP contribution in [0, 0.1) is 11.3 Å². The Bertz CT molecular complexity index is 1700. The van der Waals surface area contributed by atoms with E-state index in [0.717, 1.165) is 55.1 Å². The summed E-state index contributed by atoms with van der Waals surface area (Å²) in [4.78, 5) is 30.2. The smallest absolute Gasteiger partial charge is 0.407 e. The number of benzene rings is 2. The molecule has 3 atom stereocenters. The Morgan fingerprint density at radius 3 is 2.59 bits per heavy atom. The standard InChI is InChI=1S/C37H51N7O4Si/c1-37(2,3)49(4,5)33(45)24-41-18-9-12-28(41)25-48-35-39-31-23-42(32-14-8-11-26-10-6-7-13-29(26)32)19-16-30(31)34(40-35)43-20-21-44(36(46)47)27(22-43)15-17-38/h6-8,10-11,13-14,27-28,33,45H,9,12,15-16,18-25H2,1-5H3,(H,46,47)/t27-,28+,33?/m0/s1. The van der Waals surface area contributed by atoms with Crippen molar-refractivity contribution in [2.24, 2.45) is 0 Å². The number of aliphatic hydroxyl groups is 1. The molecule has 2 aromatic carbocycles. The molecular weight excluding hydrogens is 635 g/mol. The molecule has 262 valence electrons. The fourth-order valence-corrected chi connectivity index (χ4v) is 9.12. The van der Waals surface area contributed by atoms with Crippen molar-refractivity contribution in [3.05, 3.63) is 53.7 Å². The molecule has 3 aliphatic rings. The SMILES string of the molecule is CC(C)(C)[Si](C)(C)C(O)CN1CCC[C@@H]1COc1nc2c(c(N3CCN(C(=O)O)[C@@H](CC#N)C3)n1)CCN(c1cccc3ccccc13)C2. The highest BCUT2D eigenvalue weighted by Gasteiger charge is 2.43. The number of hydrogen-bond acceptors (Lipinski definition) is 9. The van der Waals surface area contributed by atoms with Crippen molar-refractivity contribution < 1.29 is 19.7 Å². The van der Waals surface area contributed by atoms with Gasteiger partial charge >= 0.3 is 12.1 Å². The highest BCUT2D eigenvalue weighted by Crippen LogP contribution is 2.39. The molecule has 4 heterocycles. The molecule has 3 aromatic rings. The van der Waals surface area contributed by atoms with E-state index in [1.165, 1.54) is 15.7 Å². The number of carbonyl (C=O) groups is 1. The van der Waals surface area contributed by atoms with Crippen molar-refractivity contribution in [2.75, 3.05) is 55.7 Å². The third kappa shape index (κ3) is 7.20. The van der Waals surface area contributed by atoms with E-state index in [-0.39, 0.29) is 23.2 Å². The van der Waals surface area contributed by atoms with Gasteiger partial charge in [-0.2, -0.15) is 15.2 Å². The quantitative estimate of drug-likeness (QED) is 0.278. The van der Waals surface area contributed by atoms with Gasteiger partial charge in [-0.25, -0.2) is 4.79 Å². The molecule has 0 radical (unpaired) electrons. The first-order valence-corrected chi connectivity index (χ1v) is 20.7. The van der Waals surface area contributed by atoms with Crippen LogP contribution in [-0.2, 0) is 13.0 Å². The van der Waals surface area contributed by atoms with Gasteiger partial charge in [0.1, 0.15) is 12.4 Å². The number of nitrogens with zero attached hydrogens (tertiary/aromatic N) is 7. The van der Waals surface area contributed by atoms with E-state index in [2.05, 4.69) is 97.1 Å². The van der Waals surface area contributed by atoms with Crippen LogP contribution in [0.4, 0.5) is 16.3 Å². The van der Waals surface area contributed by atoms with E-state index in [9.17, 15) is 20.3 Å². The second kappa shape index (κ2) is 14.1. The summed E-state index contributed by atoms with van der Waals surface area (Å²) in [5, 5.41) is 33.2. The lowest BCUT2D eigenvalue weighted by Gasteiger charge is -2.42. The van der Waals surface area contributed by atoms with E-state index in [0.29, 0.717) is 45.3 Å². The lowest BCUT2D eigenvalue weighted by atomic mass is 10.0. The van der Waals surface area contributed by atoms with Crippen LogP contribution >= 0.6 is 0 Å². The normalized spacial score (nSPS) is 21.0. The van der Waals surface area contributed by atoms with Crippen molar-refractivity contribution in [3.63, 3.8) is 0 Å². The van der Waals surface area contributed by atoms with Crippen LogP contribution in [0.5, 0.6) is 6.01 Å². The van der Waals surface area contributed by atoms with Gasteiger partial charge in [0, 0.05) is 55.4 Å². The number of fused-ring (bicyclic) bond motifs is 2. The summed E-state index contributed by atoms with van der Waals surface area (Å²) in [5.41, 5.74) is 2.79. The number of likely N-dealkylation sites (tertiary alicyclic amines) is 1. The van der Waals surface area contributed by atoms with Gasteiger partial charge in [0.2, 0.25) is 0 Å². The monoisotopic (exact) mass is 685 g/mol. The van der Waals surface area contributed by atoms with Crippen LogP contribution in [-0.4, -0.2) is 108 Å². The van der Waals surface area contributed by atoms with Crippen LogP contribution in [0.3, 0.4) is 0 Å². The summed E-state index contributed by atoms with van der Waals surface area (Å²) >= 11 is 0. The number of carboxylic acid groups (broad SMARTS) is 1. The topological polar surface area (TPSA) is 129 Å². The van der Waals surface area contributed by atoms with E-state index in [1.807, 2.05) is 0 Å². The molecule has 2 N–H and O–H groups in total. The number of aromatic nitrogens is 2. The summed E-state index contributed by atoms with van der Waals surface area (Å²) < 4.78 is 6.46. The molecule has 0 saturated carbocycles. The van der Waals surface area contributed by atoms with E-state index in [1.54, 1.807) is 0 Å². The summed E-state index contributed by atoms with van der Waals surface area (Å²) in [5.74, 6) is 0.780. The van der Waals surface area contributed by atoms with Crippen LogP contribution in [0.15, 0.2) is 42.5 Å². The molecule has 3 aliphatic heterocycles. The summed E-state index contributed by atoms with van der Waals surface area (Å²) in [6.07, 6.45) is 1.90. The minimum atomic E-state index is -1.93. The molecule has 0 spiro atoms. The van der Waals surface area contributed by atoms with Gasteiger partial charge in [0.15, 0.2) is 0 Å². The Labute approximate surface area is 291 Å². The number of piperazine rings is 1. The number of amides is 1. The van der Waals surface area contributed by atoms with Gasteiger partial charge in [-0.05, 0) is 42.3 Å². The molecule has 0 aliphatic carbocycles. The van der Waals surface area contributed by atoms with Gasteiger partial charge in [0.05, 0.1) is 44.6 Å². The molecule has 2 fully saturated rings. The predicted octanol–water partition coefficient (Wildman–Crippen LogP) is 5.53. The van der Waals surface area contributed by atoms with Crippen LogP contribution in [0.25, 0.3) is 10.8 Å². The van der Waals surface area contributed by atoms with Crippen molar-refractivity contribution >= 4 is 36.4 Å². The number of nitriles is 1. The molecule has 12 heteroatoms. The average molecular weight is 686 g/mol. The molecule has 0 bridgehead atoms. The number of β-amino-alcohol motifs (C(OH)–C–C–N with tert-alkyl or cyclic N) is 1. The Morgan fingerprint density at radius 1 is 1.06 bits per heavy atom. The van der Waals surface area contributed by atoms with Gasteiger partial charge in [-0.15, -0.1) is 0 Å². The Balaban J connectivity index is 1.27. The molecule has 11 nitrogen and oxygen atoms in total. The number of anilines is 2. The Morgan fingerprint density at radius 2 is 1.84 bits per heavy atom. The van der Waals surface area contributed by atoms with Crippen LogP contribution in [0.1, 0.15) is 51.3 Å². The zero-order valence-corrected chi connectivity index (χ0v) is 30.6. The third-order valence-electron chi connectivity index (χ3n) is 11.6. The van der Waals surface area contributed by atoms with Crippen LogP contribution in [0.2, 0.25) is 18.1 Å². The van der Waals surface area contributed by atoms with E-state index >= 15 is 0 Å². The Kier molecular flexibility index (Phi) is 10.1. The maximum atomic E-state index is 12.0. The zero-order chi connectivity index (χ0) is 34.9. The van der Waals surface area contributed by atoms with Gasteiger partial charge in [-0.3, -0.25) is 4.90 Å².